The smallest absolute Gasteiger partial charge is 0.255 e. The first-order valence-corrected chi connectivity index (χ1v) is 7.09. The largest absolute Gasteiger partial charge is 0.394 e. The molecule has 1 amide bonds. The molecule has 0 saturated carbocycles. The van der Waals surface area contributed by atoms with Crippen LogP contribution in [0.3, 0.4) is 0 Å². The van der Waals surface area contributed by atoms with Crippen molar-refractivity contribution in [3.8, 4) is 0 Å². The summed E-state index contributed by atoms with van der Waals surface area (Å²) in [6, 6.07) is 7.39. The van der Waals surface area contributed by atoms with Gasteiger partial charge in [0.25, 0.3) is 5.91 Å². The summed E-state index contributed by atoms with van der Waals surface area (Å²) in [4.78, 5) is 12.3. The SMILES string of the molecule is Cc1nn(CCO)c(C)c1C(=O)NCc1ccccc1Cl. The third-order valence-corrected chi connectivity index (χ3v) is 3.69. The van der Waals surface area contributed by atoms with E-state index in [0.717, 1.165) is 11.3 Å². The van der Waals surface area contributed by atoms with Gasteiger partial charge in [-0.2, -0.15) is 5.10 Å². The molecule has 5 nitrogen and oxygen atoms in total. The van der Waals surface area contributed by atoms with Gasteiger partial charge in [-0.25, -0.2) is 0 Å². The Kier molecular flexibility index (Phi) is 4.98. The minimum absolute atomic E-state index is 0.0113. The Bertz CT molecular complexity index is 652. The highest BCUT2D eigenvalue weighted by Gasteiger charge is 2.18. The van der Waals surface area contributed by atoms with Crippen LogP contribution >= 0.6 is 11.6 Å². The molecule has 1 aromatic heterocycles. The summed E-state index contributed by atoms with van der Waals surface area (Å²) in [5.74, 6) is -0.186. The molecule has 2 N–H and O–H groups in total. The van der Waals surface area contributed by atoms with E-state index >= 15 is 0 Å². The number of aryl methyl sites for hydroxylation is 1. The van der Waals surface area contributed by atoms with Crippen molar-refractivity contribution in [2.24, 2.45) is 0 Å². The molecule has 2 aromatic rings. The lowest BCUT2D eigenvalue weighted by Gasteiger charge is -2.07. The van der Waals surface area contributed by atoms with Crippen molar-refractivity contribution >= 4 is 17.5 Å². The van der Waals surface area contributed by atoms with E-state index in [0.29, 0.717) is 29.4 Å². The number of aliphatic hydroxyl groups excluding tert-OH is 1. The molecule has 0 radical (unpaired) electrons. The number of aliphatic hydroxyl groups is 1. The second-order valence-corrected chi connectivity index (χ2v) is 5.17. The van der Waals surface area contributed by atoms with Gasteiger partial charge in [-0.1, -0.05) is 29.8 Å². The van der Waals surface area contributed by atoms with Crippen molar-refractivity contribution in [2.45, 2.75) is 26.9 Å². The zero-order valence-electron chi connectivity index (χ0n) is 12.1. The van der Waals surface area contributed by atoms with Crippen LogP contribution in [0.5, 0.6) is 0 Å². The number of halogens is 1. The van der Waals surface area contributed by atoms with E-state index in [1.54, 1.807) is 17.7 Å². The topological polar surface area (TPSA) is 67.1 Å². The average molecular weight is 308 g/mol. The fourth-order valence-electron chi connectivity index (χ4n) is 2.24. The summed E-state index contributed by atoms with van der Waals surface area (Å²) in [6.45, 7) is 4.33. The van der Waals surface area contributed by atoms with Crippen LogP contribution in [0.15, 0.2) is 24.3 Å². The quantitative estimate of drug-likeness (QED) is 0.888. The van der Waals surface area contributed by atoms with Gasteiger partial charge in [0.2, 0.25) is 0 Å². The molecule has 21 heavy (non-hydrogen) atoms. The number of rotatable bonds is 5. The number of hydrogen-bond acceptors (Lipinski definition) is 3. The number of amides is 1. The van der Waals surface area contributed by atoms with Crippen LogP contribution in [0.1, 0.15) is 27.3 Å². The normalized spacial score (nSPS) is 10.7. The number of carbonyl (C=O) groups excluding carboxylic acids is 1. The zero-order valence-corrected chi connectivity index (χ0v) is 12.8. The van der Waals surface area contributed by atoms with E-state index in [9.17, 15) is 4.79 Å². The number of hydrogen-bond donors (Lipinski definition) is 2. The predicted octanol–water partition coefficient (Wildman–Crippen LogP) is 2.08. The monoisotopic (exact) mass is 307 g/mol. The lowest BCUT2D eigenvalue weighted by atomic mass is 10.1. The Morgan fingerprint density at radius 1 is 1.38 bits per heavy atom. The first-order chi connectivity index (χ1) is 10.0. The van der Waals surface area contributed by atoms with Crippen molar-refractivity contribution in [2.75, 3.05) is 6.61 Å². The highest BCUT2D eigenvalue weighted by Crippen LogP contribution is 2.16. The first-order valence-electron chi connectivity index (χ1n) is 6.71. The molecule has 0 spiro atoms. The van der Waals surface area contributed by atoms with Crippen molar-refractivity contribution < 1.29 is 9.90 Å². The van der Waals surface area contributed by atoms with Gasteiger partial charge in [0.15, 0.2) is 0 Å². The van der Waals surface area contributed by atoms with E-state index < -0.39 is 0 Å². The molecule has 1 aromatic carbocycles. The van der Waals surface area contributed by atoms with Gasteiger partial charge < -0.3 is 10.4 Å². The molecule has 0 aliphatic carbocycles. The Morgan fingerprint density at radius 2 is 2.10 bits per heavy atom. The molecule has 0 fully saturated rings. The van der Waals surface area contributed by atoms with Crippen LogP contribution in [0, 0.1) is 13.8 Å². The number of nitrogens with one attached hydrogen (secondary N) is 1. The first kappa shape index (κ1) is 15.5. The maximum absolute atomic E-state index is 12.3. The molecule has 112 valence electrons. The van der Waals surface area contributed by atoms with Gasteiger partial charge in [0.1, 0.15) is 0 Å². The Hall–Kier alpha value is -1.85. The summed E-state index contributed by atoms with van der Waals surface area (Å²) >= 11 is 6.07. The average Bonchev–Trinajstić information content (AvgIpc) is 2.73. The second kappa shape index (κ2) is 6.74. The Balaban J connectivity index is 2.12. The van der Waals surface area contributed by atoms with Gasteiger partial charge >= 0.3 is 0 Å². The molecular weight excluding hydrogens is 290 g/mol. The molecule has 0 saturated heterocycles. The fourth-order valence-corrected chi connectivity index (χ4v) is 2.45. The number of aromatic nitrogens is 2. The minimum atomic E-state index is -0.186. The van der Waals surface area contributed by atoms with E-state index in [1.807, 2.05) is 25.1 Å². The molecule has 0 aliphatic rings. The van der Waals surface area contributed by atoms with E-state index in [2.05, 4.69) is 10.4 Å². The molecule has 0 bridgehead atoms. The Morgan fingerprint density at radius 3 is 2.76 bits per heavy atom. The number of benzene rings is 1. The zero-order chi connectivity index (χ0) is 15.4. The maximum atomic E-state index is 12.3. The van der Waals surface area contributed by atoms with Crippen LogP contribution in [0.25, 0.3) is 0 Å². The second-order valence-electron chi connectivity index (χ2n) is 4.77. The molecular formula is C15H18ClN3O2. The highest BCUT2D eigenvalue weighted by atomic mass is 35.5. The van der Waals surface area contributed by atoms with Crippen molar-refractivity contribution in [3.63, 3.8) is 0 Å². The molecule has 0 aliphatic heterocycles. The summed E-state index contributed by atoms with van der Waals surface area (Å²) < 4.78 is 1.64. The summed E-state index contributed by atoms with van der Waals surface area (Å²) in [6.07, 6.45) is 0. The van der Waals surface area contributed by atoms with Crippen molar-refractivity contribution in [1.82, 2.24) is 15.1 Å². The maximum Gasteiger partial charge on any atom is 0.255 e. The minimum Gasteiger partial charge on any atom is -0.394 e. The van der Waals surface area contributed by atoms with Crippen LogP contribution in [-0.2, 0) is 13.1 Å². The van der Waals surface area contributed by atoms with Gasteiger partial charge in [-0.15, -0.1) is 0 Å². The lowest BCUT2D eigenvalue weighted by Crippen LogP contribution is -2.24. The fraction of sp³-hybridized carbons (Fsp3) is 0.333. The van der Waals surface area contributed by atoms with Crippen LogP contribution in [0.4, 0.5) is 0 Å². The third-order valence-electron chi connectivity index (χ3n) is 3.32. The molecule has 6 heteroatoms. The van der Waals surface area contributed by atoms with Crippen LogP contribution in [-0.4, -0.2) is 27.4 Å². The summed E-state index contributed by atoms with van der Waals surface area (Å²) in [5, 5.41) is 16.7. The number of carbonyl (C=O) groups is 1. The van der Waals surface area contributed by atoms with Crippen molar-refractivity contribution in [1.29, 1.82) is 0 Å². The summed E-state index contributed by atoms with van der Waals surface area (Å²) in [7, 11) is 0. The van der Waals surface area contributed by atoms with Crippen LogP contribution in [0.2, 0.25) is 5.02 Å². The predicted molar refractivity (Wildman–Crippen MR) is 81.4 cm³/mol. The summed E-state index contributed by atoms with van der Waals surface area (Å²) in [5.41, 5.74) is 2.82. The molecule has 0 atom stereocenters. The van der Waals surface area contributed by atoms with Crippen molar-refractivity contribution in [3.05, 3.63) is 51.8 Å². The molecule has 0 unspecified atom stereocenters. The van der Waals surface area contributed by atoms with Crippen LogP contribution < -0.4 is 5.32 Å². The van der Waals surface area contributed by atoms with E-state index in [1.165, 1.54) is 0 Å². The lowest BCUT2D eigenvalue weighted by molar-refractivity contribution is 0.0949. The van der Waals surface area contributed by atoms with Gasteiger partial charge in [-0.3, -0.25) is 9.48 Å². The van der Waals surface area contributed by atoms with Gasteiger partial charge in [0.05, 0.1) is 24.4 Å². The van der Waals surface area contributed by atoms with E-state index in [4.69, 9.17) is 16.7 Å². The number of nitrogens with zero attached hydrogens (tertiary/aromatic N) is 2. The molecule has 1 heterocycles. The van der Waals surface area contributed by atoms with Gasteiger partial charge in [0, 0.05) is 17.3 Å². The highest BCUT2D eigenvalue weighted by molar-refractivity contribution is 6.31. The Labute approximate surface area is 128 Å². The standard InChI is InChI=1S/C15H18ClN3O2/c1-10-14(11(2)19(18-10)7-8-20)15(21)17-9-12-5-3-4-6-13(12)16/h3-6,20H,7-9H2,1-2H3,(H,17,21). The third kappa shape index (κ3) is 3.43. The molecule has 2 rings (SSSR count). The van der Waals surface area contributed by atoms with E-state index in [-0.39, 0.29) is 12.5 Å². The van der Waals surface area contributed by atoms with Gasteiger partial charge in [-0.05, 0) is 25.5 Å².